The summed E-state index contributed by atoms with van der Waals surface area (Å²) in [5.41, 5.74) is 3.25. The average Bonchev–Trinajstić information content (AvgIpc) is 3.22. The summed E-state index contributed by atoms with van der Waals surface area (Å²) in [6, 6.07) is 12.5. The lowest BCUT2D eigenvalue weighted by Crippen LogP contribution is -2.13. The summed E-state index contributed by atoms with van der Waals surface area (Å²) in [5.74, 6) is 0.743. The summed E-state index contributed by atoms with van der Waals surface area (Å²) in [6.45, 7) is 0.333. The summed E-state index contributed by atoms with van der Waals surface area (Å²) in [7, 11) is 3.80. The zero-order chi connectivity index (χ0) is 22.9. The largest absolute Gasteiger partial charge is 0.416 e. The van der Waals surface area contributed by atoms with E-state index in [1.54, 1.807) is 23.0 Å². The lowest BCUT2D eigenvalue weighted by molar-refractivity contribution is -0.137. The lowest BCUT2D eigenvalue weighted by atomic mass is 10.0. The highest BCUT2D eigenvalue weighted by Crippen LogP contribution is 2.36. The van der Waals surface area contributed by atoms with Crippen LogP contribution >= 0.6 is 11.6 Å². The molecule has 0 aliphatic rings. The number of benzene rings is 2. The van der Waals surface area contributed by atoms with Crippen molar-refractivity contribution in [3.63, 3.8) is 0 Å². The predicted octanol–water partition coefficient (Wildman–Crippen LogP) is 5.79. The van der Waals surface area contributed by atoms with Gasteiger partial charge in [-0.15, -0.1) is 0 Å². The molecule has 0 radical (unpaired) electrons. The van der Waals surface area contributed by atoms with Crippen LogP contribution in [0.3, 0.4) is 0 Å². The van der Waals surface area contributed by atoms with Gasteiger partial charge in [0.2, 0.25) is 0 Å². The summed E-state index contributed by atoms with van der Waals surface area (Å²) >= 11 is 6.06. The van der Waals surface area contributed by atoms with Crippen LogP contribution in [0.1, 0.15) is 11.1 Å². The van der Waals surface area contributed by atoms with Gasteiger partial charge >= 0.3 is 6.18 Å². The van der Waals surface area contributed by atoms with Gasteiger partial charge in [0.25, 0.3) is 0 Å². The summed E-state index contributed by atoms with van der Waals surface area (Å²) in [5, 5.41) is 5.01. The molecule has 164 valence electrons. The molecule has 9 heteroatoms. The zero-order valence-corrected chi connectivity index (χ0v) is 18.1. The third-order valence-electron chi connectivity index (χ3n) is 4.92. The van der Waals surface area contributed by atoms with E-state index in [2.05, 4.69) is 15.1 Å². The number of halogens is 4. The summed E-state index contributed by atoms with van der Waals surface area (Å²) < 4.78 is 40.0. The number of nitrogens with zero attached hydrogens (tertiary/aromatic N) is 5. The van der Waals surface area contributed by atoms with Gasteiger partial charge in [-0.05, 0) is 35.4 Å². The summed E-state index contributed by atoms with van der Waals surface area (Å²) in [4.78, 5) is 10.8. The number of rotatable bonds is 5. The highest BCUT2D eigenvalue weighted by atomic mass is 35.5. The van der Waals surface area contributed by atoms with Crippen LogP contribution in [0.15, 0.2) is 67.3 Å². The van der Waals surface area contributed by atoms with Crippen molar-refractivity contribution in [1.82, 2.24) is 19.7 Å². The number of anilines is 1. The van der Waals surface area contributed by atoms with Crippen molar-refractivity contribution in [2.24, 2.45) is 0 Å². The fourth-order valence-corrected chi connectivity index (χ4v) is 3.50. The first-order valence-corrected chi connectivity index (χ1v) is 10.1. The normalized spacial score (nSPS) is 11.6. The Morgan fingerprint density at radius 2 is 1.62 bits per heavy atom. The molecule has 0 saturated heterocycles. The molecule has 5 nitrogen and oxygen atoms in total. The fraction of sp³-hybridized carbons (Fsp3) is 0.174. The second kappa shape index (κ2) is 8.63. The van der Waals surface area contributed by atoms with Crippen LogP contribution in [0.5, 0.6) is 0 Å². The van der Waals surface area contributed by atoms with Gasteiger partial charge < -0.3 is 4.90 Å². The van der Waals surface area contributed by atoms with Crippen LogP contribution in [0.4, 0.5) is 19.0 Å². The van der Waals surface area contributed by atoms with Crippen LogP contribution in [-0.2, 0) is 12.7 Å². The molecular weight excluding hydrogens is 439 g/mol. The maximum Gasteiger partial charge on any atom is 0.416 e. The van der Waals surface area contributed by atoms with Crippen LogP contribution in [0.2, 0.25) is 5.02 Å². The van der Waals surface area contributed by atoms with Gasteiger partial charge in [-0.2, -0.15) is 18.3 Å². The first-order valence-electron chi connectivity index (χ1n) is 9.69. The Labute approximate surface area is 188 Å². The highest BCUT2D eigenvalue weighted by Gasteiger charge is 2.29. The minimum absolute atomic E-state index is 0.333. The second-order valence-electron chi connectivity index (χ2n) is 7.44. The van der Waals surface area contributed by atoms with Gasteiger partial charge in [0.05, 0.1) is 29.6 Å². The van der Waals surface area contributed by atoms with Crippen molar-refractivity contribution in [1.29, 1.82) is 0 Å². The van der Waals surface area contributed by atoms with Gasteiger partial charge in [0, 0.05) is 30.9 Å². The third-order valence-corrected chi connectivity index (χ3v) is 5.17. The molecule has 2 aromatic heterocycles. The molecule has 4 rings (SSSR count). The molecule has 4 aromatic rings. The Morgan fingerprint density at radius 3 is 2.25 bits per heavy atom. The van der Waals surface area contributed by atoms with E-state index in [-0.39, 0.29) is 0 Å². The van der Waals surface area contributed by atoms with Gasteiger partial charge in [0.1, 0.15) is 12.1 Å². The quantitative estimate of drug-likeness (QED) is 0.380. The minimum atomic E-state index is -4.35. The minimum Gasteiger partial charge on any atom is -0.362 e. The van der Waals surface area contributed by atoms with Crippen molar-refractivity contribution in [3.05, 3.63) is 83.4 Å². The van der Waals surface area contributed by atoms with E-state index >= 15 is 0 Å². The van der Waals surface area contributed by atoms with Gasteiger partial charge in [-0.3, -0.25) is 4.68 Å². The third kappa shape index (κ3) is 4.60. The van der Waals surface area contributed by atoms with Gasteiger partial charge in [-0.1, -0.05) is 35.9 Å². The van der Waals surface area contributed by atoms with Gasteiger partial charge in [0.15, 0.2) is 0 Å². The first-order chi connectivity index (χ1) is 15.2. The maximum atomic E-state index is 12.8. The van der Waals surface area contributed by atoms with E-state index in [9.17, 15) is 13.2 Å². The standard InChI is InChI=1S/C23H19ClF3N5/c1-31(2)22-20(16-5-9-19(24)10-6-16)21(28-14-29-22)17-11-30-32(13-17)12-15-3-7-18(8-4-15)23(25,26)27/h3-11,13-14H,12H2,1-2H3. The Bertz CT molecular complexity index is 1220. The zero-order valence-electron chi connectivity index (χ0n) is 17.3. The molecule has 0 atom stereocenters. The molecular formula is C23H19ClF3N5. The van der Waals surface area contributed by atoms with Crippen LogP contribution in [0, 0.1) is 0 Å². The highest BCUT2D eigenvalue weighted by molar-refractivity contribution is 6.30. The average molecular weight is 458 g/mol. The number of alkyl halides is 3. The molecule has 0 unspecified atom stereocenters. The van der Waals surface area contributed by atoms with Gasteiger partial charge in [-0.25, -0.2) is 9.97 Å². The predicted molar refractivity (Wildman–Crippen MR) is 119 cm³/mol. The molecule has 0 amide bonds. The van der Waals surface area contributed by atoms with Crippen LogP contribution in [-0.4, -0.2) is 33.8 Å². The van der Waals surface area contributed by atoms with E-state index in [0.29, 0.717) is 22.8 Å². The summed E-state index contributed by atoms with van der Waals surface area (Å²) in [6.07, 6.45) is 0.647. The Kier molecular flexibility index (Phi) is 5.88. The molecule has 2 heterocycles. The lowest BCUT2D eigenvalue weighted by Gasteiger charge is -2.18. The number of hydrogen-bond acceptors (Lipinski definition) is 4. The van der Waals surface area contributed by atoms with Crippen molar-refractivity contribution in [2.45, 2.75) is 12.7 Å². The second-order valence-corrected chi connectivity index (χ2v) is 7.88. The molecule has 32 heavy (non-hydrogen) atoms. The Hall–Kier alpha value is -3.39. The molecule has 0 spiro atoms. The smallest absolute Gasteiger partial charge is 0.362 e. The van der Waals surface area contributed by atoms with E-state index in [4.69, 9.17) is 11.6 Å². The number of hydrogen-bond donors (Lipinski definition) is 0. The van der Waals surface area contributed by atoms with Crippen molar-refractivity contribution < 1.29 is 13.2 Å². The van der Waals surface area contributed by atoms with E-state index in [1.807, 2.05) is 37.3 Å². The van der Waals surface area contributed by atoms with Crippen molar-refractivity contribution in [2.75, 3.05) is 19.0 Å². The first kappa shape index (κ1) is 21.8. The molecule has 0 aliphatic carbocycles. The van der Waals surface area contributed by atoms with Crippen molar-refractivity contribution >= 4 is 17.4 Å². The topological polar surface area (TPSA) is 46.8 Å². The molecule has 0 bridgehead atoms. The Morgan fingerprint density at radius 1 is 0.938 bits per heavy atom. The van der Waals surface area contributed by atoms with Crippen LogP contribution < -0.4 is 4.90 Å². The molecule has 0 N–H and O–H groups in total. The fourth-order valence-electron chi connectivity index (χ4n) is 3.38. The monoisotopic (exact) mass is 457 g/mol. The maximum absolute atomic E-state index is 12.8. The molecule has 0 saturated carbocycles. The van der Waals surface area contributed by atoms with E-state index < -0.39 is 11.7 Å². The molecule has 0 aliphatic heterocycles. The Balaban J connectivity index is 1.68. The molecule has 2 aromatic carbocycles. The molecule has 0 fully saturated rings. The SMILES string of the molecule is CN(C)c1ncnc(-c2cnn(Cc3ccc(C(F)(F)F)cc3)c2)c1-c1ccc(Cl)cc1. The van der Waals surface area contributed by atoms with Crippen molar-refractivity contribution in [3.8, 4) is 22.4 Å². The van der Waals surface area contributed by atoms with Crippen LogP contribution in [0.25, 0.3) is 22.4 Å². The van der Waals surface area contributed by atoms with E-state index in [0.717, 1.165) is 34.6 Å². The number of aromatic nitrogens is 4. The van der Waals surface area contributed by atoms with E-state index in [1.165, 1.54) is 18.5 Å².